The second-order valence-electron chi connectivity index (χ2n) is 5.87. The molecule has 0 aromatic heterocycles. The first-order valence-corrected chi connectivity index (χ1v) is 7.91. The third-order valence-electron chi connectivity index (χ3n) is 4.35. The van der Waals surface area contributed by atoms with Crippen molar-refractivity contribution in [1.82, 2.24) is 4.90 Å². The monoisotopic (exact) mass is 316 g/mol. The maximum atomic E-state index is 2.56. The number of anilines is 2. The van der Waals surface area contributed by atoms with Gasteiger partial charge in [-0.1, -0.05) is 31.2 Å². The standard InChI is InChI=1S/C19H24N2.ClH/c1-3-12-21-13-11-16-9-10-19(14-17(16)15-21)20(2)18-7-5-4-6-8-18;/h4-10,14H,3,11-13,15H2,1-2H3;1H. The van der Waals surface area contributed by atoms with Crippen molar-refractivity contribution in [3.8, 4) is 0 Å². The highest BCUT2D eigenvalue weighted by molar-refractivity contribution is 5.85. The molecule has 2 aromatic rings. The van der Waals surface area contributed by atoms with E-state index in [2.05, 4.69) is 72.3 Å². The quantitative estimate of drug-likeness (QED) is 0.810. The molecular formula is C19H25ClN2. The second-order valence-corrected chi connectivity index (χ2v) is 5.87. The summed E-state index contributed by atoms with van der Waals surface area (Å²) in [6, 6.07) is 17.5. The number of para-hydroxylation sites is 1. The van der Waals surface area contributed by atoms with Crippen LogP contribution in [0.3, 0.4) is 0 Å². The second kappa shape index (κ2) is 7.66. The first-order chi connectivity index (χ1) is 10.3. The third kappa shape index (κ3) is 3.63. The van der Waals surface area contributed by atoms with Gasteiger partial charge in [0.25, 0.3) is 0 Å². The molecule has 2 aromatic carbocycles. The highest BCUT2D eigenvalue weighted by Gasteiger charge is 2.16. The van der Waals surface area contributed by atoms with Crippen molar-refractivity contribution in [1.29, 1.82) is 0 Å². The number of benzene rings is 2. The zero-order valence-electron chi connectivity index (χ0n) is 13.5. The van der Waals surface area contributed by atoms with Crippen LogP contribution in [0.2, 0.25) is 0 Å². The molecule has 0 amide bonds. The van der Waals surface area contributed by atoms with Gasteiger partial charge in [-0.15, -0.1) is 12.4 Å². The van der Waals surface area contributed by atoms with Gasteiger partial charge >= 0.3 is 0 Å². The maximum absolute atomic E-state index is 2.56. The third-order valence-corrected chi connectivity index (χ3v) is 4.35. The molecule has 0 bridgehead atoms. The molecule has 118 valence electrons. The van der Waals surface area contributed by atoms with Gasteiger partial charge in [0.2, 0.25) is 0 Å². The summed E-state index contributed by atoms with van der Waals surface area (Å²) in [6.07, 6.45) is 2.42. The zero-order valence-corrected chi connectivity index (χ0v) is 14.3. The highest BCUT2D eigenvalue weighted by atomic mass is 35.5. The minimum absolute atomic E-state index is 0. The number of nitrogens with zero attached hydrogens (tertiary/aromatic N) is 2. The molecule has 0 spiro atoms. The first-order valence-electron chi connectivity index (χ1n) is 7.91. The molecule has 0 N–H and O–H groups in total. The summed E-state index contributed by atoms with van der Waals surface area (Å²) in [5.41, 5.74) is 5.53. The molecule has 0 unspecified atom stereocenters. The van der Waals surface area contributed by atoms with Crippen LogP contribution in [0.5, 0.6) is 0 Å². The summed E-state index contributed by atoms with van der Waals surface area (Å²) in [7, 11) is 2.14. The molecule has 0 saturated carbocycles. The van der Waals surface area contributed by atoms with Gasteiger partial charge in [-0.25, -0.2) is 0 Å². The predicted octanol–water partition coefficient (Wildman–Crippen LogP) is 4.64. The van der Waals surface area contributed by atoms with Gasteiger partial charge in [-0.2, -0.15) is 0 Å². The topological polar surface area (TPSA) is 6.48 Å². The Morgan fingerprint density at radius 2 is 1.77 bits per heavy atom. The van der Waals surface area contributed by atoms with E-state index >= 15 is 0 Å². The van der Waals surface area contributed by atoms with E-state index in [0.29, 0.717) is 0 Å². The van der Waals surface area contributed by atoms with Crippen LogP contribution in [0.25, 0.3) is 0 Å². The van der Waals surface area contributed by atoms with Crippen LogP contribution in [0.4, 0.5) is 11.4 Å². The summed E-state index contributed by atoms with van der Waals surface area (Å²) in [5, 5.41) is 0. The normalized spacial score (nSPS) is 14.1. The van der Waals surface area contributed by atoms with Crippen LogP contribution in [0.1, 0.15) is 24.5 Å². The lowest BCUT2D eigenvalue weighted by Gasteiger charge is -2.30. The van der Waals surface area contributed by atoms with E-state index in [1.165, 1.54) is 48.4 Å². The minimum Gasteiger partial charge on any atom is -0.345 e. The van der Waals surface area contributed by atoms with Gasteiger partial charge in [-0.05, 0) is 54.8 Å². The van der Waals surface area contributed by atoms with E-state index in [1.807, 2.05) is 0 Å². The molecule has 3 heteroatoms. The summed E-state index contributed by atoms with van der Waals surface area (Å²) in [6.45, 7) is 5.77. The van der Waals surface area contributed by atoms with E-state index < -0.39 is 0 Å². The Kier molecular flexibility index (Phi) is 5.87. The van der Waals surface area contributed by atoms with Crippen molar-refractivity contribution in [2.75, 3.05) is 25.0 Å². The van der Waals surface area contributed by atoms with Gasteiger partial charge in [-0.3, -0.25) is 4.90 Å². The summed E-state index contributed by atoms with van der Waals surface area (Å²) in [4.78, 5) is 4.83. The average molecular weight is 317 g/mol. The van der Waals surface area contributed by atoms with Crippen molar-refractivity contribution >= 4 is 23.8 Å². The smallest absolute Gasteiger partial charge is 0.0411 e. The Bertz CT molecular complexity index is 598. The lowest BCUT2D eigenvalue weighted by molar-refractivity contribution is 0.255. The SMILES string of the molecule is CCCN1CCc2ccc(N(C)c3ccccc3)cc2C1.Cl. The molecule has 1 heterocycles. The largest absolute Gasteiger partial charge is 0.345 e. The van der Waals surface area contributed by atoms with Crippen molar-refractivity contribution in [3.05, 3.63) is 59.7 Å². The van der Waals surface area contributed by atoms with E-state index in [-0.39, 0.29) is 12.4 Å². The van der Waals surface area contributed by atoms with Gasteiger partial charge in [0.05, 0.1) is 0 Å². The van der Waals surface area contributed by atoms with Gasteiger partial charge in [0, 0.05) is 31.5 Å². The van der Waals surface area contributed by atoms with E-state index in [9.17, 15) is 0 Å². The van der Waals surface area contributed by atoms with Gasteiger partial charge in [0.15, 0.2) is 0 Å². The highest BCUT2D eigenvalue weighted by Crippen LogP contribution is 2.28. The average Bonchev–Trinajstić information content (AvgIpc) is 2.54. The Morgan fingerprint density at radius 3 is 2.50 bits per heavy atom. The number of fused-ring (bicyclic) bond motifs is 1. The number of halogens is 1. The van der Waals surface area contributed by atoms with E-state index in [4.69, 9.17) is 0 Å². The molecule has 0 fully saturated rings. The van der Waals surface area contributed by atoms with Crippen LogP contribution in [0, 0.1) is 0 Å². The minimum atomic E-state index is 0. The predicted molar refractivity (Wildman–Crippen MR) is 97.5 cm³/mol. The maximum Gasteiger partial charge on any atom is 0.0411 e. The summed E-state index contributed by atoms with van der Waals surface area (Å²) >= 11 is 0. The van der Waals surface area contributed by atoms with Crippen LogP contribution in [-0.4, -0.2) is 25.0 Å². The fourth-order valence-electron chi connectivity index (χ4n) is 3.12. The van der Waals surface area contributed by atoms with E-state index in [0.717, 1.165) is 6.54 Å². The fourth-order valence-corrected chi connectivity index (χ4v) is 3.12. The van der Waals surface area contributed by atoms with Crippen molar-refractivity contribution < 1.29 is 0 Å². The fraction of sp³-hybridized carbons (Fsp3) is 0.368. The van der Waals surface area contributed by atoms with Crippen molar-refractivity contribution in [2.24, 2.45) is 0 Å². The molecule has 1 aliphatic heterocycles. The van der Waals surface area contributed by atoms with Crippen molar-refractivity contribution in [3.63, 3.8) is 0 Å². The number of rotatable bonds is 4. The van der Waals surface area contributed by atoms with Gasteiger partial charge < -0.3 is 4.90 Å². The number of hydrogen-bond acceptors (Lipinski definition) is 2. The van der Waals surface area contributed by atoms with Crippen LogP contribution >= 0.6 is 12.4 Å². The first kappa shape index (κ1) is 16.9. The molecule has 0 saturated heterocycles. The molecular weight excluding hydrogens is 292 g/mol. The van der Waals surface area contributed by atoms with Gasteiger partial charge in [0.1, 0.15) is 0 Å². The summed E-state index contributed by atoms with van der Waals surface area (Å²) < 4.78 is 0. The molecule has 1 aliphatic rings. The Labute approximate surface area is 140 Å². The molecule has 0 aliphatic carbocycles. The Hall–Kier alpha value is -1.51. The molecule has 3 rings (SSSR count). The lowest BCUT2D eigenvalue weighted by atomic mass is 9.98. The van der Waals surface area contributed by atoms with Crippen LogP contribution in [-0.2, 0) is 13.0 Å². The van der Waals surface area contributed by atoms with Crippen molar-refractivity contribution in [2.45, 2.75) is 26.3 Å². The molecule has 0 radical (unpaired) electrons. The molecule has 22 heavy (non-hydrogen) atoms. The lowest BCUT2D eigenvalue weighted by Crippen LogP contribution is -2.31. The number of hydrogen-bond donors (Lipinski definition) is 0. The Morgan fingerprint density at radius 1 is 1.00 bits per heavy atom. The summed E-state index contributed by atoms with van der Waals surface area (Å²) in [5.74, 6) is 0. The molecule has 2 nitrogen and oxygen atoms in total. The zero-order chi connectivity index (χ0) is 14.7. The molecule has 0 atom stereocenters. The van der Waals surface area contributed by atoms with Crippen LogP contribution in [0.15, 0.2) is 48.5 Å². The van der Waals surface area contributed by atoms with E-state index in [1.54, 1.807) is 0 Å². The van der Waals surface area contributed by atoms with Crippen LogP contribution < -0.4 is 4.90 Å². The Balaban J connectivity index is 0.00000176.